The van der Waals surface area contributed by atoms with Crippen LogP contribution in [0, 0.1) is 12.7 Å². The molecule has 1 aliphatic carbocycles. The summed E-state index contributed by atoms with van der Waals surface area (Å²) in [6.07, 6.45) is 3.04. The minimum Gasteiger partial charge on any atom is -0.323 e. The number of hydrogen-bond acceptors (Lipinski definition) is 3. The molecule has 1 aromatic carbocycles. The number of nitrogens with two attached hydrogens (primary N) is 1. The summed E-state index contributed by atoms with van der Waals surface area (Å²) >= 11 is 0. The van der Waals surface area contributed by atoms with E-state index in [2.05, 4.69) is 10.4 Å². The number of halogens is 1. The fourth-order valence-electron chi connectivity index (χ4n) is 2.66. The Morgan fingerprint density at radius 1 is 1.35 bits per heavy atom. The normalized spacial score (nSPS) is 14.1. The van der Waals surface area contributed by atoms with Crippen LogP contribution in [0.15, 0.2) is 12.1 Å². The predicted molar refractivity (Wildman–Crippen MR) is 66.3 cm³/mol. The number of rotatable bonds is 1. The third kappa shape index (κ3) is 1.48. The number of pyridine rings is 1. The maximum atomic E-state index is 13.5. The molecule has 3 nitrogen and oxygen atoms in total. The molecule has 17 heavy (non-hydrogen) atoms. The van der Waals surface area contributed by atoms with Crippen molar-refractivity contribution >= 4 is 16.6 Å². The summed E-state index contributed by atoms with van der Waals surface area (Å²) in [5, 5.41) is 0.783. The van der Waals surface area contributed by atoms with Gasteiger partial charge in [-0.05, 0) is 49.4 Å². The number of aryl methyl sites for hydroxylation is 2. The minimum absolute atomic E-state index is 0.244. The van der Waals surface area contributed by atoms with E-state index in [4.69, 9.17) is 5.84 Å². The van der Waals surface area contributed by atoms with Crippen molar-refractivity contribution in [3.8, 4) is 0 Å². The van der Waals surface area contributed by atoms with Crippen molar-refractivity contribution in [2.75, 3.05) is 5.43 Å². The maximum absolute atomic E-state index is 13.5. The van der Waals surface area contributed by atoms with Crippen LogP contribution in [0.2, 0.25) is 0 Å². The van der Waals surface area contributed by atoms with Crippen LogP contribution in [0.5, 0.6) is 0 Å². The Labute approximate surface area is 98.8 Å². The van der Waals surface area contributed by atoms with Crippen molar-refractivity contribution < 1.29 is 4.39 Å². The molecule has 2 aromatic rings. The number of benzene rings is 1. The van der Waals surface area contributed by atoms with Crippen molar-refractivity contribution in [2.45, 2.75) is 26.2 Å². The van der Waals surface area contributed by atoms with Crippen molar-refractivity contribution in [1.29, 1.82) is 0 Å². The van der Waals surface area contributed by atoms with E-state index in [1.54, 1.807) is 0 Å². The number of hydrazine groups is 1. The molecular formula is C13H14FN3. The van der Waals surface area contributed by atoms with Crippen molar-refractivity contribution in [3.05, 3.63) is 34.8 Å². The highest BCUT2D eigenvalue weighted by Gasteiger charge is 2.20. The number of fused-ring (bicyclic) bond motifs is 2. The van der Waals surface area contributed by atoms with Crippen molar-refractivity contribution in [2.24, 2.45) is 5.84 Å². The Kier molecular flexibility index (Phi) is 2.26. The maximum Gasteiger partial charge on any atom is 0.124 e. The van der Waals surface area contributed by atoms with E-state index in [-0.39, 0.29) is 5.82 Å². The van der Waals surface area contributed by atoms with E-state index < -0.39 is 0 Å². The fraction of sp³-hybridized carbons (Fsp3) is 0.308. The highest BCUT2D eigenvalue weighted by Crippen LogP contribution is 2.34. The monoisotopic (exact) mass is 231 g/mol. The molecule has 1 heterocycles. The first-order chi connectivity index (χ1) is 8.20. The summed E-state index contributed by atoms with van der Waals surface area (Å²) in [6, 6.07) is 3.01. The van der Waals surface area contributed by atoms with Crippen LogP contribution in [-0.4, -0.2) is 4.98 Å². The van der Waals surface area contributed by atoms with E-state index in [1.807, 2.05) is 6.92 Å². The summed E-state index contributed by atoms with van der Waals surface area (Å²) in [4.78, 5) is 4.64. The second-order valence-corrected chi connectivity index (χ2v) is 4.53. The lowest BCUT2D eigenvalue weighted by atomic mass is 10.0. The highest BCUT2D eigenvalue weighted by molar-refractivity contribution is 5.95. The Bertz CT molecular complexity index is 607. The second kappa shape index (κ2) is 3.67. The average molecular weight is 231 g/mol. The Hall–Kier alpha value is -1.68. The molecule has 0 unspecified atom stereocenters. The summed E-state index contributed by atoms with van der Waals surface area (Å²) < 4.78 is 13.5. The SMILES string of the molecule is Cc1cc(F)cc2c(NN)c3c(nc12)CCC3. The molecule has 3 N–H and O–H groups in total. The number of nitrogen functional groups attached to an aromatic ring is 1. The standard InChI is InChI=1S/C13H14FN3/c1-7-5-8(14)6-10-12(7)16-11-4-2-3-9(11)13(10)17-15/h5-6H,2-4,15H2,1H3,(H,16,17). The lowest BCUT2D eigenvalue weighted by Crippen LogP contribution is -2.11. The van der Waals surface area contributed by atoms with Gasteiger partial charge in [0.2, 0.25) is 0 Å². The zero-order valence-corrected chi connectivity index (χ0v) is 9.68. The molecular weight excluding hydrogens is 217 g/mol. The smallest absolute Gasteiger partial charge is 0.124 e. The predicted octanol–water partition coefficient (Wildman–Crippen LogP) is 2.46. The number of hydrogen-bond donors (Lipinski definition) is 2. The van der Waals surface area contributed by atoms with Gasteiger partial charge in [-0.15, -0.1) is 0 Å². The molecule has 4 heteroatoms. The number of nitrogens with one attached hydrogen (secondary N) is 1. The van der Waals surface area contributed by atoms with Gasteiger partial charge in [0.1, 0.15) is 5.82 Å². The van der Waals surface area contributed by atoms with Gasteiger partial charge in [-0.2, -0.15) is 0 Å². The van der Waals surface area contributed by atoms with Crippen LogP contribution in [-0.2, 0) is 12.8 Å². The number of nitrogens with zero attached hydrogens (tertiary/aromatic N) is 1. The van der Waals surface area contributed by atoms with E-state index in [1.165, 1.54) is 12.1 Å². The highest BCUT2D eigenvalue weighted by atomic mass is 19.1. The lowest BCUT2D eigenvalue weighted by molar-refractivity contribution is 0.628. The fourth-order valence-corrected chi connectivity index (χ4v) is 2.66. The number of aromatic nitrogens is 1. The van der Waals surface area contributed by atoms with Crippen molar-refractivity contribution in [3.63, 3.8) is 0 Å². The summed E-state index contributed by atoms with van der Waals surface area (Å²) in [5.41, 5.74) is 7.50. The van der Waals surface area contributed by atoms with Gasteiger partial charge in [0.05, 0.1) is 11.2 Å². The van der Waals surface area contributed by atoms with Crippen LogP contribution in [0.25, 0.3) is 10.9 Å². The molecule has 0 atom stereocenters. The van der Waals surface area contributed by atoms with Crippen molar-refractivity contribution in [1.82, 2.24) is 4.98 Å². The molecule has 0 aliphatic heterocycles. The van der Waals surface area contributed by atoms with Gasteiger partial charge in [0.15, 0.2) is 0 Å². The zero-order valence-electron chi connectivity index (χ0n) is 9.68. The van der Waals surface area contributed by atoms with Gasteiger partial charge >= 0.3 is 0 Å². The van der Waals surface area contributed by atoms with Gasteiger partial charge in [-0.3, -0.25) is 10.8 Å². The van der Waals surface area contributed by atoms with E-state index in [9.17, 15) is 4.39 Å². The topological polar surface area (TPSA) is 50.9 Å². The molecule has 1 aliphatic rings. The van der Waals surface area contributed by atoms with Gasteiger partial charge in [0, 0.05) is 11.1 Å². The van der Waals surface area contributed by atoms with Gasteiger partial charge in [0.25, 0.3) is 0 Å². The van der Waals surface area contributed by atoms with E-state index in [0.717, 1.165) is 52.7 Å². The molecule has 88 valence electrons. The third-order valence-corrected chi connectivity index (χ3v) is 3.42. The molecule has 0 saturated heterocycles. The van der Waals surface area contributed by atoms with E-state index in [0.29, 0.717) is 0 Å². The molecule has 0 radical (unpaired) electrons. The molecule has 0 fully saturated rings. The van der Waals surface area contributed by atoms with Crippen LogP contribution in [0.1, 0.15) is 23.2 Å². The molecule has 0 spiro atoms. The first-order valence-corrected chi connectivity index (χ1v) is 5.79. The summed E-state index contributed by atoms with van der Waals surface area (Å²) in [6.45, 7) is 1.88. The molecule has 0 saturated carbocycles. The Morgan fingerprint density at radius 3 is 2.94 bits per heavy atom. The minimum atomic E-state index is -0.244. The molecule has 0 amide bonds. The molecule has 3 rings (SSSR count). The van der Waals surface area contributed by atoms with Crippen LogP contribution in [0.4, 0.5) is 10.1 Å². The lowest BCUT2D eigenvalue weighted by Gasteiger charge is -2.13. The summed E-state index contributed by atoms with van der Waals surface area (Å²) in [5.74, 6) is 5.34. The van der Waals surface area contributed by atoms with E-state index >= 15 is 0 Å². The largest absolute Gasteiger partial charge is 0.323 e. The van der Waals surface area contributed by atoms with Gasteiger partial charge < -0.3 is 5.43 Å². The first-order valence-electron chi connectivity index (χ1n) is 5.79. The average Bonchev–Trinajstić information content (AvgIpc) is 2.74. The third-order valence-electron chi connectivity index (χ3n) is 3.42. The molecule has 0 bridgehead atoms. The second-order valence-electron chi connectivity index (χ2n) is 4.53. The summed E-state index contributed by atoms with van der Waals surface area (Å²) in [7, 11) is 0. The molecule has 1 aromatic heterocycles. The van der Waals surface area contributed by atoms with Gasteiger partial charge in [-0.1, -0.05) is 0 Å². The first kappa shape index (κ1) is 10.5. The Morgan fingerprint density at radius 2 is 2.18 bits per heavy atom. The van der Waals surface area contributed by atoms with Crippen LogP contribution < -0.4 is 11.3 Å². The van der Waals surface area contributed by atoms with Crippen LogP contribution in [0.3, 0.4) is 0 Å². The number of anilines is 1. The quantitative estimate of drug-likeness (QED) is 0.585. The Balaban J connectivity index is 2.45. The van der Waals surface area contributed by atoms with Gasteiger partial charge in [-0.25, -0.2) is 4.39 Å². The van der Waals surface area contributed by atoms with Crippen LogP contribution >= 0.6 is 0 Å². The zero-order chi connectivity index (χ0) is 12.0.